The van der Waals surface area contributed by atoms with Gasteiger partial charge in [-0.3, -0.25) is 4.79 Å². The summed E-state index contributed by atoms with van der Waals surface area (Å²) < 4.78 is 0. The molecule has 3 nitrogen and oxygen atoms in total. The fourth-order valence-electron chi connectivity index (χ4n) is 1.68. The number of allylic oxidation sites excluding steroid dienone is 21. The average Bonchev–Trinajstić information content (AvgIpc) is 2.71. The molecule has 0 saturated carbocycles. The van der Waals surface area contributed by atoms with E-state index in [9.17, 15) is 9.59 Å². The number of carboxylic acids is 1. The molecule has 0 aliphatic rings. The molecule has 0 aromatic rings. The number of aliphatic carboxylic acids is 1. The zero-order chi connectivity index (χ0) is 22.3. The van der Waals surface area contributed by atoms with Crippen LogP contribution < -0.4 is 0 Å². The number of Topliss-reactive ketones (excluding diaryl/α,β-unsaturated/α-hetero) is 1. The molecule has 0 bridgehead atoms. The molecule has 0 aromatic heterocycles. The normalized spacial score (nSPS) is 14.4. The molecule has 0 saturated heterocycles. The molecule has 0 rings (SSSR count). The molecule has 1 N–H and O–H groups in total. The first-order valence-electron chi connectivity index (χ1n) is 9.61. The Morgan fingerprint density at radius 1 is 0.567 bits per heavy atom. The second kappa shape index (κ2) is 20.0. The fourth-order valence-corrected chi connectivity index (χ4v) is 1.68. The Hall–Kier alpha value is -3.72. The van der Waals surface area contributed by atoms with E-state index in [1.54, 1.807) is 26.0 Å². The third-order valence-electron chi connectivity index (χ3n) is 3.35. The summed E-state index contributed by atoms with van der Waals surface area (Å²) in [7, 11) is 0. The Kier molecular flexibility index (Phi) is 17.5. The summed E-state index contributed by atoms with van der Waals surface area (Å²) in [5, 5.41) is 8.43. The maximum Gasteiger partial charge on any atom is 0.327 e. The van der Waals surface area contributed by atoms with Crippen LogP contribution in [-0.2, 0) is 9.59 Å². The van der Waals surface area contributed by atoms with Gasteiger partial charge < -0.3 is 5.11 Å². The van der Waals surface area contributed by atoms with E-state index in [-0.39, 0.29) is 5.78 Å². The summed E-state index contributed by atoms with van der Waals surface area (Å²) in [4.78, 5) is 21.3. The van der Waals surface area contributed by atoms with Crippen LogP contribution in [0.15, 0.2) is 133 Å². The SMILES string of the molecule is CC(=O)C(C)=CC=CC=CC=CC=CC=CC=CC=CC=CC=CCC=CC(=O)O. The minimum Gasteiger partial charge on any atom is -0.478 e. The Bertz CT molecular complexity index is 833. The van der Waals surface area contributed by atoms with Crippen molar-refractivity contribution >= 4 is 11.8 Å². The molecular weight excluding hydrogens is 372 g/mol. The standard InChI is InChI=1S/C27H30O3/c1-25(26(2)28)23-21-19-17-15-13-11-9-7-5-3-4-6-8-10-12-14-16-18-20-22-24-27(29)30/h3-19,21-24H,20H2,1-2H3,(H,29,30). The van der Waals surface area contributed by atoms with Crippen LogP contribution >= 0.6 is 0 Å². The first-order valence-corrected chi connectivity index (χ1v) is 9.61. The third-order valence-corrected chi connectivity index (χ3v) is 3.35. The van der Waals surface area contributed by atoms with Crippen molar-refractivity contribution in [3.05, 3.63) is 133 Å². The number of rotatable bonds is 13. The molecular formula is C27H30O3. The summed E-state index contributed by atoms with van der Waals surface area (Å²) in [5.74, 6) is -0.847. The minimum atomic E-state index is -0.928. The first-order chi connectivity index (χ1) is 14.5. The lowest BCUT2D eigenvalue weighted by Crippen LogP contribution is -1.89. The molecule has 156 valence electrons. The number of carbonyl (C=O) groups excluding carboxylic acids is 1. The Morgan fingerprint density at radius 3 is 1.30 bits per heavy atom. The van der Waals surface area contributed by atoms with E-state index in [4.69, 9.17) is 5.11 Å². The quantitative estimate of drug-likeness (QED) is 0.280. The molecule has 0 heterocycles. The second-order valence-electron chi connectivity index (χ2n) is 5.89. The van der Waals surface area contributed by atoms with Crippen LogP contribution in [0.25, 0.3) is 0 Å². The lowest BCUT2D eigenvalue weighted by atomic mass is 10.2. The van der Waals surface area contributed by atoms with Crippen molar-refractivity contribution in [3.8, 4) is 0 Å². The van der Waals surface area contributed by atoms with Crippen molar-refractivity contribution in [1.29, 1.82) is 0 Å². The van der Waals surface area contributed by atoms with Crippen LogP contribution in [0, 0.1) is 0 Å². The predicted octanol–water partition coefficient (Wildman–Crippen LogP) is 6.56. The van der Waals surface area contributed by atoms with E-state index >= 15 is 0 Å². The van der Waals surface area contributed by atoms with Gasteiger partial charge in [-0.05, 0) is 25.8 Å². The summed E-state index contributed by atoms with van der Waals surface area (Å²) >= 11 is 0. The largest absolute Gasteiger partial charge is 0.478 e. The van der Waals surface area contributed by atoms with Gasteiger partial charge in [0.2, 0.25) is 0 Å². The highest BCUT2D eigenvalue weighted by atomic mass is 16.4. The molecule has 0 unspecified atom stereocenters. The molecule has 0 aromatic carbocycles. The van der Waals surface area contributed by atoms with Crippen LogP contribution in [0.2, 0.25) is 0 Å². The molecule has 0 radical (unpaired) electrons. The molecule has 0 fully saturated rings. The van der Waals surface area contributed by atoms with Crippen LogP contribution in [0.1, 0.15) is 20.3 Å². The highest BCUT2D eigenvalue weighted by Crippen LogP contribution is 1.94. The number of hydrogen-bond acceptors (Lipinski definition) is 2. The zero-order valence-electron chi connectivity index (χ0n) is 17.6. The lowest BCUT2D eigenvalue weighted by Gasteiger charge is -1.87. The van der Waals surface area contributed by atoms with Gasteiger partial charge >= 0.3 is 5.97 Å². The van der Waals surface area contributed by atoms with Gasteiger partial charge in [-0.25, -0.2) is 4.79 Å². The summed E-state index contributed by atoms with van der Waals surface area (Å²) in [6.45, 7) is 3.35. The van der Waals surface area contributed by atoms with E-state index in [1.807, 2.05) is 109 Å². The maximum absolute atomic E-state index is 11.0. The van der Waals surface area contributed by atoms with E-state index in [0.717, 1.165) is 11.6 Å². The van der Waals surface area contributed by atoms with Crippen LogP contribution in [0.5, 0.6) is 0 Å². The van der Waals surface area contributed by atoms with Crippen LogP contribution in [-0.4, -0.2) is 16.9 Å². The van der Waals surface area contributed by atoms with Crippen molar-refractivity contribution < 1.29 is 14.7 Å². The van der Waals surface area contributed by atoms with Crippen molar-refractivity contribution in [2.45, 2.75) is 20.3 Å². The topological polar surface area (TPSA) is 54.4 Å². The van der Waals surface area contributed by atoms with Gasteiger partial charge in [-0.2, -0.15) is 0 Å². The summed E-state index contributed by atoms with van der Waals surface area (Å²) in [6.07, 6.45) is 39.5. The summed E-state index contributed by atoms with van der Waals surface area (Å²) in [6, 6.07) is 0. The number of ketones is 1. The lowest BCUT2D eigenvalue weighted by molar-refractivity contribution is -0.131. The van der Waals surface area contributed by atoms with Gasteiger partial charge in [-0.1, -0.05) is 122 Å². The van der Waals surface area contributed by atoms with Crippen molar-refractivity contribution in [1.82, 2.24) is 0 Å². The van der Waals surface area contributed by atoms with Crippen molar-refractivity contribution in [3.63, 3.8) is 0 Å². The van der Waals surface area contributed by atoms with Gasteiger partial charge in [0, 0.05) is 6.08 Å². The van der Waals surface area contributed by atoms with E-state index in [1.165, 1.54) is 0 Å². The van der Waals surface area contributed by atoms with Crippen LogP contribution in [0.4, 0.5) is 0 Å². The minimum absolute atomic E-state index is 0.0817. The van der Waals surface area contributed by atoms with Gasteiger partial charge in [0.1, 0.15) is 0 Å². The maximum atomic E-state index is 11.0. The van der Waals surface area contributed by atoms with Crippen molar-refractivity contribution in [2.75, 3.05) is 0 Å². The highest BCUT2D eigenvalue weighted by Gasteiger charge is 1.90. The number of hydrogen-bond donors (Lipinski definition) is 1. The Labute approximate surface area is 180 Å². The second-order valence-corrected chi connectivity index (χ2v) is 5.89. The van der Waals surface area contributed by atoms with Crippen LogP contribution in [0.3, 0.4) is 0 Å². The molecule has 3 heteroatoms. The van der Waals surface area contributed by atoms with Crippen molar-refractivity contribution in [2.24, 2.45) is 0 Å². The average molecular weight is 403 g/mol. The highest BCUT2D eigenvalue weighted by molar-refractivity contribution is 5.92. The Balaban J connectivity index is 4.01. The smallest absolute Gasteiger partial charge is 0.327 e. The summed E-state index contributed by atoms with van der Waals surface area (Å²) in [5.41, 5.74) is 0.739. The molecule has 0 amide bonds. The molecule has 30 heavy (non-hydrogen) atoms. The zero-order valence-corrected chi connectivity index (χ0v) is 17.6. The number of carbonyl (C=O) groups is 2. The van der Waals surface area contributed by atoms with E-state index in [2.05, 4.69) is 0 Å². The van der Waals surface area contributed by atoms with E-state index < -0.39 is 5.97 Å². The Morgan fingerprint density at radius 2 is 0.933 bits per heavy atom. The van der Waals surface area contributed by atoms with Gasteiger partial charge in [0.25, 0.3) is 0 Å². The molecule has 0 spiro atoms. The fraction of sp³-hybridized carbons (Fsp3) is 0.111. The van der Waals surface area contributed by atoms with Gasteiger partial charge in [0.15, 0.2) is 5.78 Å². The molecule has 0 atom stereocenters. The molecule has 0 aliphatic carbocycles. The monoisotopic (exact) mass is 402 g/mol. The number of carboxylic acid groups (broad SMARTS) is 1. The van der Waals surface area contributed by atoms with Gasteiger partial charge in [0.05, 0.1) is 0 Å². The van der Waals surface area contributed by atoms with E-state index in [0.29, 0.717) is 6.42 Å². The predicted molar refractivity (Wildman–Crippen MR) is 128 cm³/mol. The molecule has 0 aliphatic heterocycles. The van der Waals surface area contributed by atoms with Gasteiger partial charge in [-0.15, -0.1) is 0 Å². The third kappa shape index (κ3) is 20.6. The first kappa shape index (κ1) is 26.3.